The Bertz CT molecular complexity index is 833. The second-order valence-corrected chi connectivity index (χ2v) is 5.68. The highest BCUT2D eigenvalue weighted by Crippen LogP contribution is 2.33. The number of benzene rings is 2. The van der Waals surface area contributed by atoms with Gasteiger partial charge in [0, 0.05) is 38.5 Å². The first-order chi connectivity index (χ1) is 10.0. The van der Waals surface area contributed by atoms with Crippen molar-refractivity contribution in [1.82, 2.24) is 4.98 Å². The van der Waals surface area contributed by atoms with Crippen LogP contribution in [0.2, 0.25) is 0 Å². The van der Waals surface area contributed by atoms with E-state index < -0.39 is 0 Å². The molecular formula is C16H13BrFN3. The van der Waals surface area contributed by atoms with Crippen LogP contribution in [-0.4, -0.2) is 4.98 Å². The molecule has 0 aliphatic carbocycles. The van der Waals surface area contributed by atoms with E-state index in [2.05, 4.69) is 26.2 Å². The van der Waals surface area contributed by atoms with Gasteiger partial charge < -0.3 is 11.1 Å². The fourth-order valence-corrected chi connectivity index (χ4v) is 2.66. The van der Waals surface area contributed by atoms with Crippen molar-refractivity contribution < 1.29 is 4.39 Å². The number of pyridine rings is 1. The van der Waals surface area contributed by atoms with Crippen LogP contribution in [0.5, 0.6) is 0 Å². The van der Waals surface area contributed by atoms with E-state index in [1.165, 1.54) is 12.1 Å². The number of nitrogens with zero attached hydrogens (tertiary/aromatic N) is 1. The zero-order chi connectivity index (χ0) is 15.0. The second kappa shape index (κ2) is 5.33. The summed E-state index contributed by atoms with van der Waals surface area (Å²) < 4.78 is 13.8. The first-order valence-corrected chi connectivity index (χ1v) is 7.21. The predicted molar refractivity (Wildman–Crippen MR) is 88.3 cm³/mol. The zero-order valence-corrected chi connectivity index (χ0v) is 12.9. The summed E-state index contributed by atoms with van der Waals surface area (Å²) >= 11 is 3.36. The van der Waals surface area contributed by atoms with Crippen molar-refractivity contribution in [3.05, 3.63) is 58.6 Å². The van der Waals surface area contributed by atoms with Crippen molar-refractivity contribution in [1.29, 1.82) is 0 Å². The number of fused-ring (bicyclic) bond motifs is 1. The monoisotopic (exact) mass is 345 g/mol. The van der Waals surface area contributed by atoms with Gasteiger partial charge in [0.15, 0.2) is 0 Å². The molecule has 2 aromatic carbocycles. The predicted octanol–water partition coefficient (Wildman–Crippen LogP) is 4.77. The van der Waals surface area contributed by atoms with Gasteiger partial charge in [-0.3, -0.25) is 4.98 Å². The van der Waals surface area contributed by atoms with Gasteiger partial charge in [-0.05, 0) is 59.3 Å². The van der Waals surface area contributed by atoms with Crippen LogP contribution in [0.15, 0.2) is 47.1 Å². The SMILES string of the molecule is Cc1cc2c(Nc3ccc(F)cc3Br)ccc(N)c2cn1. The van der Waals surface area contributed by atoms with Gasteiger partial charge in [0.05, 0.1) is 5.69 Å². The maximum absolute atomic E-state index is 13.2. The van der Waals surface area contributed by atoms with Crippen LogP contribution in [0.4, 0.5) is 21.5 Å². The molecule has 0 unspecified atom stereocenters. The number of aromatic nitrogens is 1. The second-order valence-electron chi connectivity index (χ2n) is 4.82. The van der Waals surface area contributed by atoms with E-state index in [-0.39, 0.29) is 5.82 Å². The summed E-state index contributed by atoms with van der Waals surface area (Å²) in [7, 11) is 0. The molecule has 1 aromatic heterocycles. The average Bonchev–Trinajstić information content (AvgIpc) is 2.44. The van der Waals surface area contributed by atoms with Crippen molar-refractivity contribution in [2.24, 2.45) is 0 Å². The number of nitrogen functional groups attached to an aromatic ring is 1. The molecule has 3 aromatic rings. The molecule has 5 heteroatoms. The number of nitrogens with two attached hydrogens (primary N) is 1. The van der Waals surface area contributed by atoms with E-state index in [0.29, 0.717) is 10.2 Å². The Morgan fingerprint density at radius 1 is 1.10 bits per heavy atom. The summed E-state index contributed by atoms with van der Waals surface area (Å²) in [6.07, 6.45) is 1.77. The van der Waals surface area contributed by atoms with E-state index >= 15 is 0 Å². The molecule has 0 radical (unpaired) electrons. The fourth-order valence-electron chi connectivity index (χ4n) is 2.21. The molecule has 0 bridgehead atoms. The van der Waals surface area contributed by atoms with Crippen LogP contribution in [0.3, 0.4) is 0 Å². The lowest BCUT2D eigenvalue weighted by atomic mass is 10.1. The summed E-state index contributed by atoms with van der Waals surface area (Å²) in [5, 5.41) is 5.18. The molecule has 0 fully saturated rings. The summed E-state index contributed by atoms with van der Waals surface area (Å²) in [6.45, 7) is 1.93. The lowest BCUT2D eigenvalue weighted by Gasteiger charge is -2.13. The van der Waals surface area contributed by atoms with Gasteiger partial charge in [-0.2, -0.15) is 0 Å². The minimum Gasteiger partial charge on any atom is -0.398 e. The molecule has 21 heavy (non-hydrogen) atoms. The lowest BCUT2D eigenvalue weighted by molar-refractivity contribution is 0.627. The quantitative estimate of drug-likeness (QED) is 0.657. The van der Waals surface area contributed by atoms with Crippen molar-refractivity contribution in [2.75, 3.05) is 11.1 Å². The zero-order valence-electron chi connectivity index (χ0n) is 11.3. The maximum atomic E-state index is 13.2. The van der Waals surface area contributed by atoms with Gasteiger partial charge in [0.1, 0.15) is 5.82 Å². The first kappa shape index (κ1) is 13.8. The summed E-state index contributed by atoms with van der Waals surface area (Å²) in [6, 6.07) is 10.3. The number of hydrogen-bond acceptors (Lipinski definition) is 3. The van der Waals surface area contributed by atoms with Crippen molar-refractivity contribution in [3.8, 4) is 0 Å². The number of anilines is 3. The van der Waals surface area contributed by atoms with Crippen LogP contribution in [0.1, 0.15) is 5.69 Å². The number of hydrogen-bond donors (Lipinski definition) is 2. The Kier molecular flexibility index (Phi) is 3.51. The third-order valence-electron chi connectivity index (χ3n) is 3.27. The Morgan fingerprint density at radius 2 is 1.86 bits per heavy atom. The minimum absolute atomic E-state index is 0.283. The van der Waals surface area contributed by atoms with Gasteiger partial charge in [-0.15, -0.1) is 0 Å². The highest BCUT2D eigenvalue weighted by molar-refractivity contribution is 9.10. The molecule has 3 rings (SSSR count). The summed E-state index contributed by atoms with van der Waals surface area (Å²) in [4.78, 5) is 4.28. The smallest absolute Gasteiger partial charge is 0.124 e. The molecule has 0 saturated heterocycles. The van der Waals surface area contributed by atoms with E-state index in [1.807, 2.05) is 25.1 Å². The molecule has 0 amide bonds. The Hall–Kier alpha value is -2.14. The molecule has 0 atom stereocenters. The van der Waals surface area contributed by atoms with Gasteiger partial charge in [-0.25, -0.2) is 4.39 Å². The minimum atomic E-state index is -0.283. The molecule has 3 N–H and O–H groups in total. The molecule has 1 heterocycles. The van der Waals surface area contributed by atoms with Crippen molar-refractivity contribution >= 4 is 43.8 Å². The molecule has 0 aliphatic heterocycles. The normalized spacial score (nSPS) is 10.8. The van der Waals surface area contributed by atoms with E-state index in [1.54, 1.807) is 12.3 Å². The van der Waals surface area contributed by atoms with Gasteiger partial charge in [0.25, 0.3) is 0 Å². The van der Waals surface area contributed by atoms with Crippen LogP contribution in [0, 0.1) is 12.7 Å². The largest absolute Gasteiger partial charge is 0.398 e. The van der Waals surface area contributed by atoms with Crippen molar-refractivity contribution in [2.45, 2.75) is 6.92 Å². The Morgan fingerprint density at radius 3 is 2.62 bits per heavy atom. The number of aryl methyl sites for hydroxylation is 1. The molecular weight excluding hydrogens is 333 g/mol. The van der Waals surface area contributed by atoms with Crippen LogP contribution in [0.25, 0.3) is 10.8 Å². The maximum Gasteiger partial charge on any atom is 0.124 e. The molecule has 3 nitrogen and oxygen atoms in total. The van der Waals surface area contributed by atoms with Gasteiger partial charge in [-0.1, -0.05) is 0 Å². The van der Waals surface area contributed by atoms with E-state index in [9.17, 15) is 4.39 Å². The highest BCUT2D eigenvalue weighted by atomic mass is 79.9. The lowest BCUT2D eigenvalue weighted by Crippen LogP contribution is -1.96. The molecule has 106 valence electrons. The van der Waals surface area contributed by atoms with Crippen LogP contribution < -0.4 is 11.1 Å². The highest BCUT2D eigenvalue weighted by Gasteiger charge is 2.08. The Labute approximate surface area is 130 Å². The van der Waals surface area contributed by atoms with Crippen molar-refractivity contribution in [3.63, 3.8) is 0 Å². The van der Waals surface area contributed by atoms with E-state index in [0.717, 1.165) is 27.8 Å². The van der Waals surface area contributed by atoms with E-state index in [4.69, 9.17) is 5.73 Å². The number of nitrogens with one attached hydrogen (secondary N) is 1. The van der Waals surface area contributed by atoms with Gasteiger partial charge in [0.2, 0.25) is 0 Å². The number of halogens is 2. The third-order valence-corrected chi connectivity index (χ3v) is 3.93. The standard InChI is InChI=1S/C16H13BrFN3/c1-9-6-11-12(8-20-9)14(19)3-5-15(11)21-16-4-2-10(18)7-13(16)17/h2-8,21H,19H2,1H3. The summed E-state index contributed by atoms with van der Waals surface area (Å²) in [5.41, 5.74) is 9.27. The summed E-state index contributed by atoms with van der Waals surface area (Å²) in [5.74, 6) is -0.283. The van der Waals surface area contributed by atoms with Crippen LogP contribution in [-0.2, 0) is 0 Å². The topological polar surface area (TPSA) is 50.9 Å². The van der Waals surface area contributed by atoms with Crippen LogP contribution >= 0.6 is 15.9 Å². The Balaban J connectivity index is 2.12. The molecule has 0 spiro atoms. The molecule has 0 saturated carbocycles. The third kappa shape index (κ3) is 2.69. The number of rotatable bonds is 2. The van der Waals surface area contributed by atoms with Gasteiger partial charge >= 0.3 is 0 Å². The first-order valence-electron chi connectivity index (χ1n) is 6.41. The average molecular weight is 346 g/mol. The molecule has 0 aliphatic rings. The fraction of sp³-hybridized carbons (Fsp3) is 0.0625.